The fourth-order valence-corrected chi connectivity index (χ4v) is 2.98. The highest BCUT2D eigenvalue weighted by molar-refractivity contribution is 6.12. The molecule has 1 unspecified atom stereocenters. The van der Waals surface area contributed by atoms with E-state index in [1.54, 1.807) is 6.20 Å². The summed E-state index contributed by atoms with van der Waals surface area (Å²) < 4.78 is 5.11. The van der Waals surface area contributed by atoms with Gasteiger partial charge in [-0.25, -0.2) is 5.01 Å². The van der Waals surface area contributed by atoms with E-state index in [4.69, 9.17) is 15.9 Å². The van der Waals surface area contributed by atoms with Crippen molar-refractivity contribution >= 4 is 17.5 Å². The summed E-state index contributed by atoms with van der Waals surface area (Å²) in [5.74, 6) is -0.147. The minimum Gasteiger partial charge on any atom is -0.382 e. The third kappa shape index (κ3) is 4.20. The first kappa shape index (κ1) is 18.7. The number of amidine groups is 1. The Morgan fingerprint density at radius 3 is 2.78 bits per heavy atom. The van der Waals surface area contributed by atoms with Crippen LogP contribution in [0.2, 0.25) is 0 Å². The monoisotopic (exact) mass is 365 g/mol. The Morgan fingerprint density at radius 2 is 2.07 bits per heavy atom. The highest BCUT2D eigenvalue weighted by Gasteiger charge is 2.21. The average molecular weight is 365 g/mol. The number of benzene rings is 1. The maximum absolute atomic E-state index is 11.9. The number of morpholine rings is 1. The molecule has 140 valence electrons. The van der Waals surface area contributed by atoms with Gasteiger partial charge in [-0.05, 0) is 24.6 Å². The van der Waals surface area contributed by atoms with Gasteiger partial charge in [-0.1, -0.05) is 31.2 Å². The van der Waals surface area contributed by atoms with Crippen LogP contribution in [0.15, 0.2) is 47.7 Å². The number of nitrogens with two attached hydrogens (primary N) is 1. The van der Waals surface area contributed by atoms with Crippen molar-refractivity contribution in [1.29, 1.82) is 5.41 Å². The van der Waals surface area contributed by atoms with Gasteiger partial charge in [0.15, 0.2) is 5.84 Å². The molecule has 1 fully saturated rings. The molecule has 3 rings (SSSR count). The second-order valence-electron chi connectivity index (χ2n) is 6.47. The second-order valence-corrected chi connectivity index (χ2v) is 6.47. The van der Waals surface area contributed by atoms with Crippen LogP contribution in [-0.2, 0) is 9.53 Å². The first-order chi connectivity index (χ1) is 13.0. The molecular weight excluding hydrogens is 342 g/mol. The van der Waals surface area contributed by atoms with Crippen molar-refractivity contribution in [2.24, 2.45) is 10.8 Å². The molecule has 1 saturated heterocycles. The van der Waals surface area contributed by atoms with E-state index in [1.165, 1.54) is 5.01 Å². The standard InChI is InChI=1S/C20H23N5O2/c1-13-11-15(7-8-23-13)14(2)19(21)16-5-3-4-6-17(16)20(22)24-25-9-10-27-12-18(25)26/h3-8,11,14,21H,9-10,12H2,1-2H3,(H2,22,24). The number of nitrogens with one attached hydrogen (secondary N) is 1. The van der Waals surface area contributed by atoms with Gasteiger partial charge in [0.1, 0.15) is 6.61 Å². The molecular formula is C20H23N5O2. The third-order valence-corrected chi connectivity index (χ3v) is 4.54. The molecule has 3 N–H and O–H groups in total. The van der Waals surface area contributed by atoms with E-state index in [-0.39, 0.29) is 24.3 Å². The summed E-state index contributed by atoms with van der Waals surface area (Å²) >= 11 is 0. The number of hydrogen-bond donors (Lipinski definition) is 2. The quantitative estimate of drug-likeness (QED) is 0.625. The molecule has 1 aliphatic rings. The van der Waals surface area contributed by atoms with E-state index < -0.39 is 0 Å². The largest absolute Gasteiger partial charge is 0.382 e. The van der Waals surface area contributed by atoms with Crippen molar-refractivity contribution in [3.63, 3.8) is 0 Å². The van der Waals surface area contributed by atoms with Crippen LogP contribution in [0.4, 0.5) is 0 Å². The number of hydrogen-bond acceptors (Lipinski definition) is 5. The number of pyridine rings is 1. The second kappa shape index (κ2) is 8.09. The van der Waals surface area contributed by atoms with Crippen molar-refractivity contribution in [1.82, 2.24) is 9.99 Å². The molecule has 1 aromatic carbocycles. The summed E-state index contributed by atoms with van der Waals surface area (Å²) in [5, 5.41) is 14.3. The first-order valence-corrected chi connectivity index (χ1v) is 8.80. The molecule has 0 aliphatic carbocycles. The fourth-order valence-electron chi connectivity index (χ4n) is 2.98. The molecule has 1 amide bonds. The van der Waals surface area contributed by atoms with Crippen LogP contribution >= 0.6 is 0 Å². The van der Waals surface area contributed by atoms with E-state index in [0.29, 0.717) is 30.0 Å². The molecule has 2 aromatic rings. The summed E-state index contributed by atoms with van der Waals surface area (Å²) in [7, 11) is 0. The number of amides is 1. The van der Waals surface area contributed by atoms with E-state index >= 15 is 0 Å². The normalized spacial score (nSPS) is 16.3. The van der Waals surface area contributed by atoms with Crippen molar-refractivity contribution < 1.29 is 9.53 Å². The van der Waals surface area contributed by atoms with Gasteiger partial charge < -0.3 is 15.9 Å². The predicted molar refractivity (Wildman–Crippen MR) is 104 cm³/mol. The zero-order valence-electron chi connectivity index (χ0n) is 15.5. The summed E-state index contributed by atoms with van der Waals surface area (Å²) in [6.45, 7) is 4.71. The Balaban J connectivity index is 1.91. The number of aryl methyl sites for hydroxylation is 1. The highest BCUT2D eigenvalue weighted by Crippen LogP contribution is 2.23. The molecule has 0 radical (unpaired) electrons. The minimum absolute atomic E-state index is 0.00662. The topological polar surface area (TPSA) is 105 Å². The molecule has 0 spiro atoms. The van der Waals surface area contributed by atoms with Gasteiger partial charge in [0.05, 0.1) is 13.2 Å². The first-order valence-electron chi connectivity index (χ1n) is 8.80. The summed E-state index contributed by atoms with van der Waals surface area (Å²) in [5.41, 5.74) is 9.89. The average Bonchev–Trinajstić information content (AvgIpc) is 2.68. The summed E-state index contributed by atoms with van der Waals surface area (Å²) in [6.07, 6.45) is 1.75. The predicted octanol–water partition coefficient (Wildman–Crippen LogP) is 2.04. The molecule has 0 bridgehead atoms. The molecule has 1 atom stereocenters. The molecule has 7 nitrogen and oxygen atoms in total. The van der Waals surface area contributed by atoms with Gasteiger partial charge >= 0.3 is 0 Å². The molecule has 1 aromatic heterocycles. The fraction of sp³-hybridized carbons (Fsp3) is 0.300. The third-order valence-electron chi connectivity index (χ3n) is 4.54. The maximum Gasteiger partial charge on any atom is 0.268 e. The lowest BCUT2D eigenvalue weighted by Crippen LogP contribution is -2.39. The lowest BCUT2D eigenvalue weighted by atomic mass is 9.89. The van der Waals surface area contributed by atoms with Crippen LogP contribution < -0.4 is 5.73 Å². The SMILES string of the molecule is Cc1cc(C(C)C(=N)c2ccccc2/C(N)=N/N2CCOCC2=O)ccn1. The highest BCUT2D eigenvalue weighted by atomic mass is 16.5. The van der Waals surface area contributed by atoms with Gasteiger partial charge in [0, 0.05) is 34.6 Å². The zero-order chi connectivity index (χ0) is 19.4. The van der Waals surface area contributed by atoms with E-state index in [1.807, 2.05) is 50.2 Å². The van der Waals surface area contributed by atoms with Crippen LogP contribution in [0.1, 0.15) is 35.2 Å². The van der Waals surface area contributed by atoms with Crippen LogP contribution in [0.3, 0.4) is 0 Å². The number of carbonyl (C=O) groups is 1. The Morgan fingerprint density at radius 1 is 1.33 bits per heavy atom. The van der Waals surface area contributed by atoms with Crippen molar-refractivity contribution in [2.45, 2.75) is 19.8 Å². The number of ether oxygens (including phenoxy) is 1. The smallest absolute Gasteiger partial charge is 0.268 e. The molecule has 27 heavy (non-hydrogen) atoms. The van der Waals surface area contributed by atoms with Gasteiger partial charge in [0.25, 0.3) is 5.91 Å². The van der Waals surface area contributed by atoms with Crippen molar-refractivity contribution in [3.8, 4) is 0 Å². The Kier molecular flexibility index (Phi) is 5.61. The molecule has 2 heterocycles. The van der Waals surface area contributed by atoms with Crippen LogP contribution in [-0.4, -0.2) is 47.2 Å². The van der Waals surface area contributed by atoms with E-state index in [2.05, 4.69) is 10.1 Å². The summed E-state index contributed by atoms with van der Waals surface area (Å²) in [6, 6.07) is 11.3. The number of carbonyl (C=O) groups excluding carboxylic acids is 1. The number of hydrazone groups is 1. The maximum atomic E-state index is 11.9. The number of aromatic nitrogens is 1. The van der Waals surface area contributed by atoms with Crippen molar-refractivity contribution in [2.75, 3.05) is 19.8 Å². The van der Waals surface area contributed by atoms with Crippen molar-refractivity contribution in [3.05, 3.63) is 65.0 Å². The molecule has 7 heteroatoms. The Hall–Kier alpha value is -3.06. The number of nitrogens with zero attached hydrogens (tertiary/aromatic N) is 3. The summed E-state index contributed by atoms with van der Waals surface area (Å²) in [4.78, 5) is 16.1. The Labute approximate surface area is 158 Å². The van der Waals surface area contributed by atoms with E-state index in [9.17, 15) is 4.79 Å². The Bertz CT molecular complexity index is 893. The molecule has 1 aliphatic heterocycles. The lowest BCUT2D eigenvalue weighted by Gasteiger charge is -2.23. The van der Waals surface area contributed by atoms with Crippen LogP contribution in [0.25, 0.3) is 0 Å². The molecule has 0 saturated carbocycles. The minimum atomic E-state index is -0.225. The van der Waals surface area contributed by atoms with E-state index in [0.717, 1.165) is 11.3 Å². The lowest BCUT2D eigenvalue weighted by molar-refractivity contribution is -0.142. The van der Waals surface area contributed by atoms with Crippen LogP contribution in [0.5, 0.6) is 0 Å². The van der Waals surface area contributed by atoms with Gasteiger partial charge in [-0.15, -0.1) is 0 Å². The van der Waals surface area contributed by atoms with Gasteiger partial charge in [-0.3, -0.25) is 9.78 Å². The van der Waals surface area contributed by atoms with Crippen LogP contribution in [0, 0.1) is 12.3 Å². The van der Waals surface area contributed by atoms with Gasteiger partial charge in [-0.2, -0.15) is 5.10 Å². The number of rotatable bonds is 5. The van der Waals surface area contributed by atoms with Gasteiger partial charge in [0.2, 0.25) is 0 Å². The zero-order valence-corrected chi connectivity index (χ0v) is 15.5.